The summed E-state index contributed by atoms with van der Waals surface area (Å²) in [6, 6.07) is 1.83. The van der Waals surface area contributed by atoms with Crippen LogP contribution in [0.25, 0.3) is 0 Å². The van der Waals surface area contributed by atoms with Crippen molar-refractivity contribution in [2.24, 2.45) is 10.7 Å². The van der Waals surface area contributed by atoms with Crippen LogP contribution in [0.4, 0.5) is 0 Å². The number of aryl methyl sites for hydroxylation is 1. The first-order valence-electron chi connectivity index (χ1n) is 4.68. The molecule has 0 saturated heterocycles. The fraction of sp³-hybridized carbons (Fsp3) is 0.400. The van der Waals surface area contributed by atoms with Crippen LogP contribution in [0, 0.1) is 6.92 Å². The Morgan fingerprint density at radius 2 is 2.38 bits per heavy atom. The van der Waals surface area contributed by atoms with Crippen LogP contribution < -0.4 is 11.1 Å². The quantitative estimate of drug-likeness (QED) is 0.379. The maximum atomic E-state index is 5.61. The number of nitrogens with zero attached hydrogens (tertiary/aromatic N) is 2. The Kier molecular flexibility index (Phi) is 6.78. The molecule has 0 atom stereocenters. The number of aromatic nitrogens is 1. The first-order valence-corrected chi connectivity index (χ1v) is 4.68. The number of rotatable bonds is 4. The molecule has 0 aliphatic carbocycles. The average Bonchev–Trinajstić information content (AvgIpc) is 2.58. The van der Waals surface area contributed by atoms with Crippen molar-refractivity contribution in [1.29, 1.82) is 0 Å². The van der Waals surface area contributed by atoms with Gasteiger partial charge in [-0.1, -0.05) is 17.3 Å². The Morgan fingerprint density at radius 1 is 1.69 bits per heavy atom. The predicted octanol–water partition coefficient (Wildman–Crippen LogP) is 1.58. The van der Waals surface area contributed by atoms with Gasteiger partial charge in [0.05, 0.1) is 5.69 Å². The molecule has 90 valence electrons. The zero-order valence-corrected chi connectivity index (χ0v) is 11.8. The van der Waals surface area contributed by atoms with Crippen LogP contribution in [0.15, 0.2) is 27.7 Å². The highest BCUT2D eigenvalue weighted by Gasteiger charge is 1.99. The first-order chi connectivity index (χ1) is 7.08. The fourth-order valence-electron chi connectivity index (χ4n) is 0.951. The SMILES string of the molecule is C=C(C)CNC(N)=NCc1cc(C)no1.I. The van der Waals surface area contributed by atoms with Gasteiger partial charge in [-0.3, -0.25) is 0 Å². The average molecular weight is 336 g/mol. The van der Waals surface area contributed by atoms with E-state index in [9.17, 15) is 0 Å². The van der Waals surface area contributed by atoms with Crippen molar-refractivity contribution in [3.8, 4) is 0 Å². The third kappa shape index (κ3) is 5.74. The van der Waals surface area contributed by atoms with E-state index in [1.54, 1.807) is 0 Å². The van der Waals surface area contributed by atoms with Crippen molar-refractivity contribution in [3.63, 3.8) is 0 Å². The molecule has 6 heteroatoms. The summed E-state index contributed by atoms with van der Waals surface area (Å²) >= 11 is 0. The van der Waals surface area contributed by atoms with Crippen molar-refractivity contribution in [1.82, 2.24) is 10.5 Å². The number of hydrogen-bond acceptors (Lipinski definition) is 3. The molecule has 0 aromatic carbocycles. The molecule has 0 aliphatic rings. The fourth-order valence-corrected chi connectivity index (χ4v) is 0.951. The lowest BCUT2D eigenvalue weighted by Crippen LogP contribution is -2.32. The minimum atomic E-state index is 0. The molecule has 16 heavy (non-hydrogen) atoms. The summed E-state index contributed by atoms with van der Waals surface area (Å²) in [6.45, 7) is 8.55. The zero-order valence-electron chi connectivity index (χ0n) is 9.49. The van der Waals surface area contributed by atoms with Gasteiger partial charge in [-0.15, -0.1) is 24.0 Å². The number of nitrogens with one attached hydrogen (secondary N) is 1. The molecule has 0 amide bonds. The van der Waals surface area contributed by atoms with Gasteiger partial charge in [-0.25, -0.2) is 4.99 Å². The van der Waals surface area contributed by atoms with Crippen LogP contribution in [0.1, 0.15) is 18.4 Å². The van der Waals surface area contributed by atoms with Crippen molar-refractivity contribution in [2.45, 2.75) is 20.4 Å². The van der Waals surface area contributed by atoms with Crippen LogP contribution in [-0.2, 0) is 6.54 Å². The molecule has 0 spiro atoms. The lowest BCUT2D eigenvalue weighted by atomic mass is 10.3. The molecular weight excluding hydrogens is 319 g/mol. The summed E-state index contributed by atoms with van der Waals surface area (Å²) in [4.78, 5) is 4.09. The third-order valence-corrected chi connectivity index (χ3v) is 1.65. The van der Waals surface area contributed by atoms with Gasteiger partial charge in [0.1, 0.15) is 6.54 Å². The Hall–Kier alpha value is -1.05. The number of hydrogen-bond donors (Lipinski definition) is 2. The van der Waals surface area contributed by atoms with Gasteiger partial charge in [0.15, 0.2) is 11.7 Å². The van der Waals surface area contributed by atoms with Crippen LogP contribution in [0.2, 0.25) is 0 Å². The van der Waals surface area contributed by atoms with Gasteiger partial charge in [-0.05, 0) is 13.8 Å². The molecular formula is C10H17IN4O. The lowest BCUT2D eigenvalue weighted by Gasteiger charge is -2.03. The van der Waals surface area contributed by atoms with Gasteiger partial charge in [0.2, 0.25) is 0 Å². The van der Waals surface area contributed by atoms with Crippen LogP contribution in [-0.4, -0.2) is 17.7 Å². The predicted molar refractivity (Wildman–Crippen MR) is 74.8 cm³/mol. The van der Waals surface area contributed by atoms with E-state index in [-0.39, 0.29) is 24.0 Å². The Labute approximate surface area is 112 Å². The molecule has 1 aromatic rings. The van der Waals surface area contributed by atoms with Gasteiger partial charge < -0.3 is 15.6 Å². The molecule has 3 N–H and O–H groups in total. The van der Waals surface area contributed by atoms with E-state index in [0.717, 1.165) is 11.3 Å². The van der Waals surface area contributed by atoms with E-state index < -0.39 is 0 Å². The molecule has 0 bridgehead atoms. The number of aliphatic imine (C=N–C) groups is 1. The molecule has 1 rings (SSSR count). The summed E-state index contributed by atoms with van der Waals surface area (Å²) < 4.78 is 4.98. The summed E-state index contributed by atoms with van der Waals surface area (Å²) in [5.74, 6) is 1.08. The molecule has 5 nitrogen and oxygen atoms in total. The second-order valence-corrected chi connectivity index (χ2v) is 3.45. The van der Waals surface area contributed by atoms with Gasteiger partial charge in [0.25, 0.3) is 0 Å². The summed E-state index contributed by atoms with van der Waals surface area (Å²) in [6.07, 6.45) is 0. The van der Waals surface area contributed by atoms with E-state index in [1.165, 1.54) is 0 Å². The van der Waals surface area contributed by atoms with Gasteiger partial charge in [-0.2, -0.15) is 0 Å². The highest BCUT2D eigenvalue weighted by molar-refractivity contribution is 14.0. The highest BCUT2D eigenvalue weighted by Crippen LogP contribution is 2.02. The topological polar surface area (TPSA) is 76.4 Å². The van der Waals surface area contributed by atoms with Crippen LogP contribution >= 0.6 is 24.0 Å². The number of nitrogens with two attached hydrogens (primary N) is 1. The molecule has 0 fully saturated rings. The molecule has 0 unspecified atom stereocenters. The van der Waals surface area contributed by atoms with Crippen LogP contribution in [0.3, 0.4) is 0 Å². The van der Waals surface area contributed by atoms with Crippen molar-refractivity contribution < 1.29 is 4.52 Å². The highest BCUT2D eigenvalue weighted by atomic mass is 127. The van der Waals surface area contributed by atoms with E-state index >= 15 is 0 Å². The minimum absolute atomic E-state index is 0. The zero-order chi connectivity index (χ0) is 11.3. The summed E-state index contributed by atoms with van der Waals surface area (Å²) in [5.41, 5.74) is 7.46. The number of guanidine groups is 1. The van der Waals surface area contributed by atoms with Gasteiger partial charge >= 0.3 is 0 Å². The molecule has 0 radical (unpaired) electrons. The van der Waals surface area contributed by atoms with E-state index in [1.807, 2.05) is 19.9 Å². The standard InChI is InChI=1S/C10H16N4O.HI/c1-7(2)5-12-10(11)13-6-9-4-8(3)14-15-9;/h4H,1,5-6H2,2-3H3,(H3,11,12,13);1H. The maximum Gasteiger partial charge on any atom is 0.189 e. The van der Waals surface area contributed by atoms with Crippen molar-refractivity contribution in [3.05, 3.63) is 29.7 Å². The van der Waals surface area contributed by atoms with Crippen molar-refractivity contribution >= 4 is 29.9 Å². The van der Waals surface area contributed by atoms with Crippen molar-refractivity contribution in [2.75, 3.05) is 6.54 Å². The minimum Gasteiger partial charge on any atom is -0.370 e. The van der Waals surface area contributed by atoms with E-state index in [0.29, 0.717) is 24.8 Å². The second-order valence-electron chi connectivity index (χ2n) is 3.45. The summed E-state index contributed by atoms with van der Waals surface area (Å²) in [5, 5.41) is 6.67. The second kappa shape index (κ2) is 7.26. The Balaban J connectivity index is 0.00000225. The Bertz CT molecular complexity index is 373. The maximum absolute atomic E-state index is 5.61. The van der Waals surface area contributed by atoms with E-state index in [4.69, 9.17) is 10.3 Å². The normalized spacial score (nSPS) is 10.8. The van der Waals surface area contributed by atoms with E-state index in [2.05, 4.69) is 22.0 Å². The van der Waals surface area contributed by atoms with Crippen LogP contribution in [0.5, 0.6) is 0 Å². The van der Waals surface area contributed by atoms with Gasteiger partial charge in [0, 0.05) is 12.6 Å². The molecule has 0 aliphatic heterocycles. The monoisotopic (exact) mass is 336 g/mol. The smallest absolute Gasteiger partial charge is 0.189 e. The third-order valence-electron chi connectivity index (χ3n) is 1.65. The first kappa shape index (κ1) is 14.9. The molecule has 1 heterocycles. The molecule has 0 saturated carbocycles. The largest absolute Gasteiger partial charge is 0.370 e. The molecule has 1 aromatic heterocycles. The lowest BCUT2D eigenvalue weighted by molar-refractivity contribution is 0.381. The summed E-state index contributed by atoms with van der Waals surface area (Å²) in [7, 11) is 0. The Morgan fingerprint density at radius 3 is 2.88 bits per heavy atom. The number of halogens is 1.